The van der Waals surface area contributed by atoms with Crippen molar-refractivity contribution in [2.45, 2.75) is 6.92 Å². The summed E-state index contributed by atoms with van der Waals surface area (Å²) in [5.41, 5.74) is 2.25. The fourth-order valence-electron chi connectivity index (χ4n) is 3.04. The molecule has 0 bridgehead atoms. The van der Waals surface area contributed by atoms with Gasteiger partial charge in [0.15, 0.2) is 17.3 Å². The van der Waals surface area contributed by atoms with Crippen LogP contribution in [0.3, 0.4) is 0 Å². The lowest BCUT2D eigenvalue weighted by Crippen LogP contribution is -2.08. The van der Waals surface area contributed by atoms with Gasteiger partial charge in [0.05, 0.1) is 27.9 Å². The zero-order valence-electron chi connectivity index (χ0n) is 16.4. The van der Waals surface area contributed by atoms with Gasteiger partial charge in [-0.05, 0) is 31.2 Å². The van der Waals surface area contributed by atoms with Crippen LogP contribution in [0.25, 0.3) is 17.0 Å². The highest BCUT2D eigenvalue weighted by Gasteiger charge is 2.21. The van der Waals surface area contributed by atoms with Crippen LogP contribution in [0.5, 0.6) is 17.2 Å². The minimum Gasteiger partial charge on any atom is -0.493 e. The minimum atomic E-state index is -0.272. The molecule has 6 nitrogen and oxygen atoms in total. The van der Waals surface area contributed by atoms with Crippen LogP contribution >= 0.6 is 0 Å². The van der Waals surface area contributed by atoms with Gasteiger partial charge in [0, 0.05) is 28.2 Å². The van der Waals surface area contributed by atoms with Crippen LogP contribution in [0.1, 0.15) is 22.8 Å². The molecule has 0 saturated heterocycles. The molecule has 2 aromatic carbocycles. The molecule has 0 fully saturated rings. The van der Waals surface area contributed by atoms with Crippen molar-refractivity contribution in [1.82, 2.24) is 4.98 Å². The number of rotatable bonds is 8. The summed E-state index contributed by atoms with van der Waals surface area (Å²) < 4.78 is 21.7. The van der Waals surface area contributed by atoms with E-state index in [2.05, 4.69) is 4.98 Å². The monoisotopic (exact) mass is 381 g/mol. The number of Topliss-reactive ketones (excluding diaryl/α,β-unsaturated/α-hetero) is 1. The molecule has 0 radical (unpaired) electrons. The maximum absolute atomic E-state index is 13.2. The normalized spacial score (nSPS) is 11.4. The van der Waals surface area contributed by atoms with E-state index < -0.39 is 0 Å². The molecule has 28 heavy (non-hydrogen) atoms. The number of para-hydroxylation sites is 1. The lowest BCUT2D eigenvalue weighted by atomic mass is 10.1. The largest absolute Gasteiger partial charge is 0.493 e. The summed E-state index contributed by atoms with van der Waals surface area (Å²) in [4.78, 5) is 16.4. The number of ketones is 1. The van der Waals surface area contributed by atoms with Gasteiger partial charge in [0.25, 0.3) is 0 Å². The van der Waals surface area contributed by atoms with Gasteiger partial charge in [-0.15, -0.1) is 0 Å². The summed E-state index contributed by atoms with van der Waals surface area (Å²) in [6.07, 6.45) is 3.60. The van der Waals surface area contributed by atoms with Crippen molar-refractivity contribution in [3.05, 3.63) is 59.5 Å². The Hall–Kier alpha value is -3.41. The first-order chi connectivity index (χ1) is 13.6. The summed E-state index contributed by atoms with van der Waals surface area (Å²) in [7, 11) is 4.54. The van der Waals surface area contributed by atoms with Gasteiger partial charge >= 0.3 is 0 Å². The van der Waals surface area contributed by atoms with Crippen molar-refractivity contribution in [2.24, 2.45) is 0 Å². The van der Waals surface area contributed by atoms with E-state index in [-0.39, 0.29) is 11.5 Å². The second-order valence-corrected chi connectivity index (χ2v) is 5.97. The van der Waals surface area contributed by atoms with Crippen LogP contribution in [0.4, 0.5) is 0 Å². The molecule has 0 spiro atoms. The van der Waals surface area contributed by atoms with E-state index in [0.29, 0.717) is 29.4 Å². The maximum Gasteiger partial charge on any atom is 0.227 e. The first-order valence-electron chi connectivity index (χ1n) is 8.88. The van der Waals surface area contributed by atoms with Crippen LogP contribution in [-0.4, -0.2) is 38.7 Å². The summed E-state index contributed by atoms with van der Waals surface area (Å²) in [6, 6.07) is 11.1. The number of fused-ring (bicyclic) bond motifs is 1. The number of ether oxygens (including phenoxy) is 4. The molecule has 3 rings (SSSR count). The SMILES string of the molecule is CCOC(=Cc1c[nH]c2ccccc12)C(=O)c1cc(OC)c(OC)c(OC)c1. The molecule has 3 aromatic rings. The fourth-order valence-corrected chi connectivity index (χ4v) is 3.04. The molecule has 0 amide bonds. The topological polar surface area (TPSA) is 69.8 Å². The molecule has 1 N–H and O–H groups in total. The minimum absolute atomic E-state index is 0.238. The number of methoxy groups -OCH3 is 3. The second-order valence-electron chi connectivity index (χ2n) is 5.97. The number of H-pyrrole nitrogens is 1. The summed E-state index contributed by atoms with van der Waals surface area (Å²) in [5.74, 6) is 1.22. The van der Waals surface area contributed by atoms with Crippen molar-refractivity contribution < 1.29 is 23.7 Å². The van der Waals surface area contributed by atoms with Crippen LogP contribution in [0.15, 0.2) is 48.4 Å². The molecule has 0 aliphatic carbocycles. The first-order valence-corrected chi connectivity index (χ1v) is 8.88. The molecular formula is C22H23NO5. The lowest BCUT2D eigenvalue weighted by molar-refractivity contribution is 0.0930. The van der Waals surface area contributed by atoms with Crippen molar-refractivity contribution >= 4 is 22.8 Å². The standard InChI is InChI=1S/C22H23NO5/c1-5-28-18(12-15-13-23-17-9-7-6-8-16(15)17)21(24)14-10-19(25-2)22(27-4)20(11-14)26-3/h6-13,23H,5H2,1-4H3. The van der Waals surface area contributed by atoms with Crippen molar-refractivity contribution in [3.8, 4) is 17.2 Å². The predicted octanol–water partition coefficient (Wildman–Crippen LogP) is 4.45. The number of nitrogens with one attached hydrogen (secondary N) is 1. The number of hydrogen-bond acceptors (Lipinski definition) is 5. The quantitative estimate of drug-likeness (QED) is 0.355. The van der Waals surface area contributed by atoms with Crippen LogP contribution in [-0.2, 0) is 4.74 Å². The summed E-state index contributed by atoms with van der Waals surface area (Å²) in [5, 5.41) is 1.01. The number of benzene rings is 2. The van der Waals surface area contributed by atoms with Gasteiger partial charge in [0.2, 0.25) is 11.5 Å². The van der Waals surface area contributed by atoms with Gasteiger partial charge in [-0.1, -0.05) is 18.2 Å². The number of hydrogen-bond donors (Lipinski definition) is 1. The van der Waals surface area contributed by atoms with E-state index in [9.17, 15) is 4.79 Å². The summed E-state index contributed by atoms with van der Waals surface area (Å²) >= 11 is 0. The number of aromatic nitrogens is 1. The highest BCUT2D eigenvalue weighted by Crippen LogP contribution is 2.39. The zero-order valence-corrected chi connectivity index (χ0v) is 16.4. The van der Waals surface area contributed by atoms with E-state index in [0.717, 1.165) is 16.5 Å². The average Bonchev–Trinajstić information content (AvgIpc) is 3.14. The fraction of sp³-hybridized carbons (Fsp3) is 0.227. The molecule has 0 atom stereocenters. The molecule has 6 heteroatoms. The van der Waals surface area contributed by atoms with Crippen molar-refractivity contribution in [1.29, 1.82) is 0 Å². The Balaban J connectivity index is 2.06. The summed E-state index contributed by atoms with van der Waals surface area (Å²) in [6.45, 7) is 2.20. The Morgan fingerprint density at radius 2 is 1.71 bits per heavy atom. The van der Waals surface area contributed by atoms with Crippen LogP contribution < -0.4 is 14.2 Å². The van der Waals surface area contributed by atoms with Gasteiger partial charge in [0.1, 0.15) is 0 Å². The van der Waals surface area contributed by atoms with Gasteiger partial charge in [-0.2, -0.15) is 0 Å². The van der Waals surface area contributed by atoms with E-state index >= 15 is 0 Å². The molecule has 0 aliphatic rings. The van der Waals surface area contributed by atoms with E-state index in [1.165, 1.54) is 21.3 Å². The first kappa shape index (κ1) is 19.4. The Bertz CT molecular complexity index is 994. The van der Waals surface area contributed by atoms with E-state index in [4.69, 9.17) is 18.9 Å². The van der Waals surface area contributed by atoms with Crippen molar-refractivity contribution in [2.75, 3.05) is 27.9 Å². The molecule has 0 aliphatic heterocycles. The number of carbonyl (C=O) groups excluding carboxylic acids is 1. The molecule has 0 unspecified atom stereocenters. The highest BCUT2D eigenvalue weighted by molar-refractivity contribution is 6.11. The predicted molar refractivity (Wildman–Crippen MR) is 108 cm³/mol. The third-order valence-electron chi connectivity index (χ3n) is 4.36. The highest BCUT2D eigenvalue weighted by atomic mass is 16.5. The Morgan fingerprint density at radius 3 is 2.32 bits per heavy atom. The molecule has 1 aromatic heterocycles. The number of allylic oxidation sites excluding steroid dienone is 1. The maximum atomic E-state index is 13.2. The third-order valence-corrected chi connectivity index (χ3v) is 4.36. The number of aromatic amines is 1. The van der Waals surface area contributed by atoms with Crippen LogP contribution in [0.2, 0.25) is 0 Å². The molecular weight excluding hydrogens is 358 g/mol. The van der Waals surface area contributed by atoms with E-state index in [1.54, 1.807) is 18.2 Å². The average molecular weight is 381 g/mol. The lowest BCUT2D eigenvalue weighted by Gasteiger charge is -2.14. The molecule has 0 saturated carbocycles. The van der Waals surface area contributed by atoms with Crippen LogP contribution in [0, 0.1) is 0 Å². The van der Waals surface area contributed by atoms with Gasteiger partial charge in [-0.25, -0.2) is 0 Å². The second kappa shape index (κ2) is 8.52. The zero-order chi connectivity index (χ0) is 20.1. The third kappa shape index (κ3) is 3.67. The smallest absolute Gasteiger partial charge is 0.227 e. The van der Waals surface area contributed by atoms with Gasteiger partial charge < -0.3 is 23.9 Å². The Kier molecular flexibility index (Phi) is 5.89. The molecule has 1 heterocycles. The van der Waals surface area contributed by atoms with Crippen molar-refractivity contribution in [3.63, 3.8) is 0 Å². The molecule has 146 valence electrons. The number of carbonyl (C=O) groups is 1. The Labute approximate surface area is 163 Å². The van der Waals surface area contributed by atoms with E-state index in [1.807, 2.05) is 37.4 Å². The Morgan fingerprint density at radius 1 is 1.04 bits per heavy atom. The van der Waals surface area contributed by atoms with Gasteiger partial charge in [-0.3, -0.25) is 4.79 Å².